The van der Waals surface area contributed by atoms with E-state index >= 15 is 0 Å². The first-order valence-corrected chi connectivity index (χ1v) is 8.50. The molecule has 1 amide bonds. The number of carbonyl (C=O) groups excluding carboxylic acids is 1. The molecule has 0 saturated carbocycles. The monoisotopic (exact) mass is 320 g/mol. The summed E-state index contributed by atoms with van der Waals surface area (Å²) in [5, 5.41) is 3.51. The predicted octanol–water partition coefficient (Wildman–Crippen LogP) is 2.51. The van der Waals surface area contributed by atoms with Crippen molar-refractivity contribution in [3.8, 4) is 0 Å². The number of fused-ring (bicyclic) bond motifs is 1. The second kappa shape index (κ2) is 6.97. The van der Waals surface area contributed by atoms with E-state index in [9.17, 15) is 9.18 Å². The second-order valence-electron chi connectivity index (χ2n) is 6.79. The van der Waals surface area contributed by atoms with Crippen molar-refractivity contribution in [2.75, 3.05) is 24.7 Å². The highest BCUT2D eigenvalue weighted by atomic mass is 19.1. The van der Waals surface area contributed by atoms with E-state index in [2.05, 4.69) is 19.2 Å². The van der Waals surface area contributed by atoms with Crippen molar-refractivity contribution in [3.05, 3.63) is 29.6 Å². The minimum Gasteiger partial charge on any atom is -0.381 e. The summed E-state index contributed by atoms with van der Waals surface area (Å²) in [5.74, 6) is -0.0549. The number of benzene rings is 1. The first kappa shape index (κ1) is 16.4. The minimum atomic E-state index is -0.290. The maximum absolute atomic E-state index is 13.6. The van der Waals surface area contributed by atoms with Crippen molar-refractivity contribution in [1.29, 1.82) is 0 Å². The van der Waals surface area contributed by atoms with E-state index in [0.717, 1.165) is 43.7 Å². The highest BCUT2D eigenvalue weighted by Crippen LogP contribution is 2.30. The van der Waals surface area contributed by atoms with Crippen LogP contribution in [0, 0.1) is 11.7 Å². The molecule has 1 fully saturated rings. The standard InChI is InChI=1S/C18H25FN2O2/c1-12(2)17(20-15-6-9-23-10-7-15)18(22)21-8-5-13-3-4-14(19)11-16(13)21/h3-4,11-12,15,17,20H,5-10H2,1-2H3. The molecule has 0 spiro atoms. The van der Waals surface area contributed by atoms with Gasteiger partial charge in [0.25, 0.3) is 0 Å². The highest BCUT2D eigenvalue weighted by Gasteiger charge is 2.33. The van der Waals surface area contributed by atoms with Crippen molar-refractivity contribution in [2.24, 2.45) is 5.92 Å². The SMILES string of the molecule is CC(C)C(NC1CCOCC1)C(=O)N1CCc2ccc(F)cc21. The number of halogens is 1. The van der Waals surface area contributed by atoms with Crippen LogP contribution >= 0.6 is 0 Å². The van der Waals surface area contributed by atoms with Crippen LogP contribution in [-0.2, 0) is 16.0 Å². The van der Waals surface area contributed by atoms with E-state index in [1.807, 2.05) is 0 Å². The fourth-order valence-corrected chi connectivity index (χ4v) is 3.42. The molecule has 23 heavy (non-hydrogen) atoms. The van der Waals surface area contributed by atoms with Crippen LogP contribution in [0.4, 0.5) is 10.1 Å². The topological polar surface area (TPSA) is 41.6 Å². The largest absolute Gasteiger partial charge is 0.381 e. The van der Waals surface area contributed by atoms with Crippen LogP contribution in [0.1, 0.15) is 32.3 Å². The molecule has 1 aromatic rings. The van der Waals surface area contributed by atoms with Crippen molar-refractivity contribution in [1.82, 2.24) is 5.32 Å². The molecule has 2 heterocycles. The molecule has 0 bridgehead atoms. The molecule has 4 nitrogen and oxygen atoms in total. The van der Waals surface area contributed by atoms with Gasteiger partial charge >= 0.3 is 0 Å². The van der Waals surface area contributed by atoms with Crippen LogP contribution in [0.15, 0.2) is 18.2 Å². The summed E-state index contributed by atoms with van der Waals surface area (Å²) in [6, 6.07) is 4.80. The molecular weight excluding hydrogens is 295 g/mol. The maximum atomic E-state index is 13.6. The molecule has 2 aliphatic rings. The molecule has 1 unspecified atom stereocenters. The Kier molecular flexibility index (Phi) is 4.97. The summed E-state index contributed by atoms with van der Waals surface area (Å²) >= 11 is 0. The summed E-state index contributed by atoms with van der Waals surface area (Å²) in [7, 11) is 0. The van der Waals surface area contributed by atoms with Crippen molar-refractivity contribution in [2.45, 2.75) is 45.2 Å². The number of rotatable bonds is 4. The van der Waals surface area contributed by atoms with E-state index in [4.69, 9.17) is 4.74 Å². The molecule has 0 aromatic heterocycles. The van der Waals surface area contributed by atoms with Gasteiger partial charge in [0.15, 0.2) is 0 Å². The second-order valence-corrected chi connectivity index (χ2v) is 6.79. The Balaban J connectivity index is 1.76. The first-order chi connectivity index (χ1) is 11.1. The quantitative estimate of drug-likeness (QED) is 0.927. The number of nitrogens with zero attached hydrogens (tertiary/aromatic N) is 1. The lowest BCUT2D eigenvalue weighted by Gasteiger charge is -2.32. The predicted molar refractivity (Wildman–Crippen MR) is 88.1 cm³/mol. The van der Waals surface area contributed by atoms with E-state index in [1.54, 1.807) is 11.0 Å². The Morgan fingerprint density at radius 3 is 2.78 bits per heavy atom. The number of hydrogen-bond donors (Lipinski definition) is 1. The normalized spacial score (nSPS) is 19.9. The average Bonchev–Trinajstić information content (AvgIpc) is 2.95. The van der Waals surface area contributed by atoms with Gasteiger partial charge < -0.3 is 15.0 Å². The zero-order chi connectivity index (χ0) is 16.4. The zero-order valence-corrected chi connectivity index (χ0v) is 13.8. The first-order valence-electron chi connectivity index (χ1n) is 8.50. The van der Waals surface area contributed by atoms with E-state index in [0.29, 0.717) is 12.6 Å². The smallest absolute Gasteiger partial charge is 0.244 e. The molecule has 5 heteroatoms. The molecule has 0 aliphatic carbocycles. The van der Waals surface area contributed by atoms with Crippen LogP contribution in [0.2, 0.25) is 0 Å². The molecule has 1 aromatic carbocycles. The third-order valence-corrected chi connectivity index (χ3v) is 4.78. The van der Waals surface area contributed by atoms with Gasteiger partial charge in [-0.05, 0) is 42.9 Å². The van der Waals surface area contributed by atoms with Crippen molar-refractivity contribution in [3.63, 3.8) is 0 Å². The van der Waals surface area contributed by atoms with Gasteiger partial charge in [-0.25, -0.2) is 4.39 Å². The number of anilines is 1. The number of carbonyl (C=O) groups is 1. The number of amides is 1. The molecule has 1 saturated heterocycles. The van der Waals surface area contributed by atoms with Gasteiger partial charge in [-0.1, -0.05) is 19.9 Å². The van der Waals surface area contributed by atoms with Crippen molar-refractivity contribution >= 4 is 11.6 Å². The molecule has 3 rings (SSSR count). The molecule has 1 N–H and O–H groups in total. The third-order valence-electron chi connectivity index (χ3n) is 4.78. The Morgan fingerprint density at radius 2 is 2.09 bits per heavy atom. The molecule has 1 atom stereocenters. The van der Waals surface area contributed by atoms with Crippen molar-refractivity contribution < 1.29 is 13.9 Å². The lowest BCUT2D eigenvalue weighted by atomic mass is 9.99. The minimum absolute atomic E-state index is 0.0517. The van der Waals surface area contributed by atoms with Crippen LogP contribution in [0.5, 0.6) is 0 Å². The maximum Gasteiger partial charge on any atom is 0.244 e. The average molecular weight is 320 g/mol. The van der Waals surface area contributed by atoms with Gasteiger partial charge in [0.1, 0.15) is 5.82 Å². The Bertz CT molecular complexity index is 570. The van der Waals surface area contributed by atoms with E-state index < -0.39 is 0 Å². The Hall–Kier alpha value is -1.46. The fourth-order valence-electron chi connectivity index (χ4n) is 3.42. The summed E-state index contributed by atoms with van der Waals surface area (Å²) in [6.07, 6.45) is 2.66. The highest BCUT2D eigenvalue weighted by molar-refractivity contribution is 5.99. The molecule has 126 valence electrons. The molecular formula is C18H25FN2O2. The number of nitrogens with one attached hydrogen (secondary N) is 1. The molecule has 2 aliphatic heterocycles. The van der Waals surface area contributed by atoms with Gasteiger partial charge in [0.2, 0.25) is 5.91 Å². The van der Waals surface area contributed by atoms with Gasteiger partial charge in [0, 0.05) is 31.5 Å². The summed E-state index contributed by atoms with van der Waals surface area (Å²) in [4.78, 5) is 14.8. The van der Waals surface area contributed by atoms with Crippen LogP contribution in [0.3, 0.4) is 0 Å². The number of hydrogen-bond acceptors (Lipinski definition) is 3. The summed E-state index contributed by atoms with van der Waals surface area (Å²) in [6.45, 7) is 6.23. The zero-order valence-electron chi connectivity index (χ0n) is 13.8. The lowest BCUT2D eigenvalue weighted by molar-refractivity contribution is -0.122. The lowest BCUT2D eigenvalue weighted by Crippen LogP contribution is -2.53. The van der Waals surface area contributed by atoms with Gasteiger partial charge in [-0.15, -0.1) is 0 Å². The van der Waals surface area contributed by atoms with Gasteiger partial charge in [0.05, 0.1) is 6.04 Å². The van der Waals surface area contributed by atoms with E-state index in [1.165, 1.54) is 12.1 Å². The Morgan fingerprint density at radius 1 is 1.35 bits per heavy atom. The fraction of sp³-hybridized carbons (Fsp3) is 0.611. The van der Waals surface area contributed by atoms with Crippen LogP contribution < -0.4 is 10.2 Å². The van der Waals surface area contributed by atoms with Gasteiger partial charge in [-0.2, -0.15) is 0 Å². The summed E-state index contributed by atoms with van der Waals surface area (Å²) < 4.78 is 18.9. The molecule has 0 radical (unpaired) electrons. The Labute approximate surface area is 137 Å². The van der Waals surface area contributed by atoms with Crippen LogP contribution in [-0.4, -0.2) is 37.7 Å². The van der Waals surface area contributed by atoms with Crippen LogP contribution in [0.25, 0.3) is 0 Å². The van der Waals surface area contributed by atoms with E-state index in [-0.39, 0.29) is 23.7 Å². The number of ether oxygens (including phenoxy) is 1. The summed E-state index contributed by atoms with van der Waals surface area (Å²) in [5.41, 5.74) is 1.78. The van der Waals surface area contributed by atoms with Gasteiger partial charge in [-0.3, -0.25) is 4.79 Å². The third kappa shape index (κ3) is 3.56.